The molecule has 0 aromatic heterocycles. The summed E-state index contributed by atoms with van der Waals surface area (Å²) >= 11 is 0. The van der Waals surface area contributed by atoms with Gasteiger partial charge < -0.3 is 15.1 Å². The van der Waals surface area contributed by atoms with E-state index < -0.39 is 0 Å². The second kappa shape index (κ2) is 8.62. The van der Waals surface area contributed by atoms with Crippen LogP contribution in [-0.4, -0.2) is 49.4 Å². The predicted octanol–water partition coefficient (Wildman–Crippen LogP) is 1.46. The fraction of sp³-hybridized carbons (Fsp3) is 0.600. The number of piperidine rings is 1. The third-order valence-corrected chi connectivity index (χ3v) is 5.59. The average Bonchev–Trinajstić information content (AvgIpc) is 2.60. The second-order valence-electron chi connectivity index (χ2n) is 7.71. The van der Waals surface area contributed by atoms with Crippen LogP contribution < -0.4 is 10.2 Å². The first-order valence-corrected chi connectivity index (χ1v) is 9.69. The van der Waals surface area contributed by atoms with Crippen LogP contribution in [0.4, 0.5) is 10.1 Å². The number of fused-ring (bicyclic) bond motifs is 1. The molecule has 0 spiro atoms. The number of carbonyl (C=O) groups excluding carboxylic acids is 2. The summed E-state index contributed by atoms with van der Waals surface area (Å²) in [5, 5.41) is 2.69. The van der Waals surface area contributed by atoms with Crippen molar-refractivity contribution in [2.24, 2.45) is 5.92 Å². The van der Waals surface area contributed by atoms with E-state index in [9.17, 15) is 14.0 Å². The van der Waals surface area contributed by atoms with Crippen molar-refractivity contribution in [3.63, 3.8) is 0 Å². The monoisotopic (exact) mass is 362 g/mol. The Morgan fingerprint density at radius 1 is 1.19 bits per heavy atom. The van der Waals surface area contributed by atoms with Crippen LogP contribution in [0.3, 0.4) is 0 Å². The van der Waals surface area contributed by atoms with Gasteiger partial charge in [0.15, 0.2) is 13.1 Å². The highest BCUT2D eigenvalue weighted by atomic mass is 19.1. The number of likely N-dealkylation sites (N-methyl/N-ethyl adjacent to an activating group) is 1. The molecule has 5 nitrogen and oxygen atoms in total. The fourth-order valence-corrected chi connectivity index (χ4v) is 4.40. The summed E-state index contributed by atoms with van der Waals surface area (Å²) in [6, 6.07) is 6.23. The molecule has 1 aromatic carbocycles. The summed E-state index contributed by atoms with van der Waals surface area (Å²) in [5.41, 5.74) is 0.440. The van der Waals surface area contributed by atoms with E-state index >= 15 is 0 Å². The van der Waals surface area contributed by atoms with E-state index in [0.717, 1.165) is 24.3 Å². The van der Waals surface area contributed by atoms with Crippen molar-refractivity contribution in [3.8, 4) is 0 Å². The lowest BCUT2D eigenvalue weighted by Gasteiger charge is -2.44. The highest BCUT2D eigenvalue weighted by molar-refractivity contribution is 5.91. The van der Waals surface area contributed by atoms with Crippen LogP contribution in [0.15, 0.2) is 24.3 Å². The lowest BCUT2D eigenvalue weighted by Crippen LogP contribution is -3.11. The van der Waals surface area contributed by atoms with Gasteiger partial charge in [0, 0.05) is 18.3 Å². The molecule has 2 fully saturated rings. The molecule has 3 atom stereocenters. The lowest BCUT2D eigenvalue weighted by molar-refractivity contribution is -0.862. The maximum atomic E-state index is 13.2. The van der Waals surface area contributed by atoms with E-state index in [1.165, 1.54) is 37.8 Å². The van der Waals surface area contributed by atoms with Gasteiger partial charge in [-0.3, -0.25) is 9.59 Å². The topological polar surface area (TPSA) is 53.9 Å². The molecule has 2 amide bonds. The van der Waals surface area contributed by atoms with Crippen LogP contribution in [-0.2, 0) is 9.59 Å². The van der Waals surface area contributed by atoms with Crippen LogP contribution in [0.5, 0.6) is 0 Å². The van der Waals surface area contributed by atoms with Gasteiger partial charge in [0.05, 0.1) is 7.05 Å². The van der Waals surface area contributed by atoms with Gasteiger partial charge in [-0.25, -0.2) is 4.39 Å². The Labute approximate surface area is 154 Å². The minimum absolute atomic E-state index is 0.151. The number of amides is 2. The minimum Gasteiger partial charge on any atom is -0.335 e. The van der Waals surface area contributed by atoms with Crippen molar-refractivity contribution >= 4 is 17.5 Å². The van der Waals surface area contributed by atoms with E-state index in [2.05, 4.69) is 10.2 Å². The molecule has 2 aliphatic rings. The minimum atomic E-state index is -0.384. The Balaban J connectivity index is 1.49. The van der Waals surface area contributed by atoms with E-state index in [0.29, 0.717) is 24.2 Å². The lowest BCUT2D eigenvalue weighted by atomic mass is 9.78. The molecule has 1 aromatic rings. The smallest absolute Gasteiger partial charge is 0.279 e. The zero-order valence-corrected chi connectivity index (χ0v) is 15.5. The summed E-state index contributed by atoms with van der Waals surface area (Å²) in [4.78, 5) is 27.8. The molecule has 3 rings (SSSR count). The molecule has 6 heteroatoms. The molecule has 1 aliphatic carbocycles. The van der Waals surface area contributed by atoms with Crippen molar-refractivity contribution in [3.05, 3.63) is 30.1 Å². The van der Waals surface area contributed by atoms with Crippen molar-refractivity contribution in [1.82, 2.24) is 4.90 Å². The zero-order valence-electron chi connectivity index (χ0n) is 15.5. The molecule has 0 radical (unpaired) electrons. The molecule has 1 saturated heterocycles. The van der Waals surface area contributed by atoms with Gasteiger partial charge in [0.1, 0.15) is 5.82 Å². The quantitative estimate of drug-likeness (QED) is 0.833. The number of halogens is 1. The number of hydrogen-bond acceptors (Lipinski definition) is 2. The largest absolute Gasteiger partial charge is 0.335 e. The predicted molar refractivity (Wildman–Crippen MR) is 98.3 cm³/mol. The summed E-state index contributed by atoms with van der Waals surface area (Å²) in [5.74, 6) is 0.219. The average molecular weight is 362 g/mol. The Morgan fingerprint density at radius 3 is 2.77 bits per heavy atom. The van der Waals surface area contributed by atoms with E-state index in [1.54, 1.807) is 12.1 Å². The third kappa shape index (κ3) is 4.81. The SMILES string of the molecule is C[NH+](CC(=O)Nc1cccc(F)c1)CC(=O)N1CCC[C@H]2CCCC[C@@H]21. The zero-order chi connectivity index (χ0) is 18.5. The van der Waals surface area contributed by atoms with Gasteiger partial charge in [-0.05, 0) is 49.8 Å². The number of carbonyl (C=O) groups is 2. The van der Waals surface area contributed by atoms with Gasteiger partial charge in [0.2, 0.25) is 0 Å². The number of likely N-dealkylation sites (tertiary alicyclic amines) is 1. The molecule has 1 heterocycles. The number of nitrogens with one attached hydrogen (secondary N) is 2. The molecule has 1 aliphatic heterocycles. The van der Waals surface area contributed by atoms with Crippen molar-refractivity contribution in [2.75, 3.05) is 32.0 Å². The molecule has 142 valence electrons. The number of rotatable bonds is 5. The van der Waals surface area contributed by atoms with Gasteiger partial charge >= 0.3 is 0 Å². The summed E-state index contributed by atoms with van der Waals surface area (Å²) in [6.45, 7) is 1.35. The standard InChI is InChI=1S/C20H28FN3O2/c1-23(13-19(25)22-17-9-4-8-16(21)12-17)14-20(26)24-11-5-7-15-6-2-3-10-18(15)24/h4,8-9,12,15,18H,2-3,5-7,10-11,13-14H2,1H3,(H,22,25)/p+1/t15-,18+/m1/s1. The van der Waals surface area contributed by atoms with E-state index in [4.69, 9.17) is 0 Å². The number of quaternary nitrogens is 1. The molecule has 1 unspecified atom stereocenters. The first-order chi connectivity index (χ1) is 12.5. The van der Waals surface area contributed by atoms with E-state index in [1.807, 2.05) is 7.05 Å². The van der Waals surface area contributed by atoms with Crippen molar-refractivity contribution < 1.29 is 18.9 Å². The van der Waals surface area contributed by atoms with Gasteiger partial charge in [0.25, 0.3) is 11.8 Å². The summed E-state index contributed by atoms with van der Waals surface area (Å²) in [6.07, 6.45) is 7.19. The molecule has 1 saturated carbocycles. The Hall–Kier alpha value is -1.95. The maximum Gasteiger partial charge on any atom is 0.279 e. The van der Waals surface area contributed by atoms with Crippen LogP contribution in [0.1, 0.15) is 38.5 Å². The van der Waals surface area contributed by atoms with Gasteiger partial charge in [-0.1, -0.05) is 18.9 Å². The first kappa shape index (κ1) is 18.8. The number of anilines is 1. The number of hydrogen-bond donors (Lipinski definition) is 2. The highest BCUT2D eigenvalue weighted by Crippen LogP contribution is 2.35. The normalized spacial score (nSPS) is 23.8. The van der Waals surface area contributed by atoms with E-state index in [-0.39, 0.29) is 24.2 Å². The highest BCUT2D eigenvalue weighted by Gasteiger charge is 2.36. The van der Waals surface area contributed by atoms with Crippen LogP contribution >= 0.6 is 0 Å². The first-order valence-electron chi connectivity index (χ1n) is 9.69. The molecule has 2 N–H and O–H groups in total. The van der Waals surface area contributed by atoms with Crippen molar-refractivity contribution in [2.45, 2.75) is 44.6 Å². The summed E-state index contributed by atoms with van der Waals surface area (Å²) < 4.78 is 13.2. The van der Waals surface area contributed by atoms with Crippen LogP contribution in [0.2, 0.25) is 0 Å². The van der Waals surface area contributed by atoms with Crippen LogP contribution in [0.25, 0.3) is 0 Å². The number of benzene rings is 1. The fourth-order valence-electron chi connectivity index (χ4n) is 4.40. The molecule has 0 bridgehead atoms. The molecular weight excluding hydrogens is 333 g/mol. The van der Waals surface area contributed by atoms with Crippen LogP contribution in [0, 0.1) is 11.7 Å². The Kier molecular flexibility index (Phi) is 6.25. The summed E-state index contributed by atoms with van der Waals surface area (Å²) in [7, 11) is 1.85. The Morgan fingerprint density at radius 2 is 1.96 bits per heavy atom. The second-order valence-corrected chi connectivity index (χ2v) is 7.71. The van der Waals surface area contributed by atoms with Gasteiger partial charge in [-0.15, -0.1) is 0 Å². The third-order valence-electron chi connectivity index (χ3n) is 5.59. The maximum absolute atomic E-state index is 13.2. The Bertz CT molecular complexity index is 650. The van der Waals surface area contributed by atoms with Gasteiger partial charge in [-0.2, -0.15) is 0 Å². The van der Waals surface area contributed by atoms with Crippen molar-refractivity contribution in [1.29, 1.82) is 0 Å². The molecular formula is C20H29FN3O2+. The molecule has 26 heavy (non-hydrogen) atoms. The number of nitrogens with zero attached hydrogens (tertiary/aromatic N) is 1.